The summed E-state index contributed by atoms with van der Waals surface area (Å²) in [4.78, 5) is 31.4. The van der Waals surface area contributed by atoms with Crippen LogP contribution >= 0.6 is 0 Å². The van der Waals surface area contributed by atoms with Gasteiger partial charge in [-0.15, -0.1) is 0 Å². The Balaban J connectivity index is 1.50. The van der Waals surface area contributed by atoms with Gasteiger partial charge in [0.05, 0.1) is 5.56 Å². The first-order chi connectivity index (χ1) is 11.6. The van der Waals surface area contributed by atoms with Crippen molar-refractivity contribution in [2.75, 3.05) is 24.5 Å². The van der Waals surface area contributed by atoms with Crippen LogP contribution in [0.4, 0.5) is 10.1 Å². The molecule has 2 aliphatic heterocycles. The summed E-state index contributed by atoms with van der Waals surface area (Å²) in [5.74, 6) is -0.275. The first kappa shape index (κ1) is 14.9. The zero-order chi connectivity index (χ0) is 16.7. The number of rotatable bonds is 2. The lowest BCUT2D eigenvalue weighted by atomic mass is 9.86. The molecule has 4 rings (SSSR count). The number of amides is 2. The normalized spacial score (nSPS) is 23.5. The number of H-pyrrole nitrogens is 1. The van der Waals surface area contributed by atoms with Gasteiger partial charge < -0.3 is 14.8 Å². The first-order valence-corrected chi connectivity index (χ1v) is 8.04. The summed E-state index contributed by atoms with van der Waals surface area (Å²) in [6.45, 7) is 1.82. The number of nitrogens with one attached hydrogen (secondary N) is 1. The second-order valence-electron chi connectivity index (χ2n) is 6.71. The van der Waals surface area contributed by atoms with Crippen LogP contribution in [0.3, 0.4) is 0 Å². The number of aromatic amines is 1. The van der Waals surface area contributed by atoms with Gasteiger partial charge in [-0.2, -0.15) is 0 Å². The molecule has 1 aromatic heterocycles. The van der Waals surface area contributed by atoms with Crippen LogP contribution in [0, 0.1) is 11.2 Å². The van der Waals surface area contributed by atoms with E-state index in [1.165, 1.54) is 12.1 Å². The van der Waals surface area contributed by atoms with E-state index in [2.05, 4.69) is 4.98 Å². The van der Waals surface area contributed by atoms with Gasteiger partial charge in [-0.3, -0.25) is 9.59 Å². The van der Waals surface area contributed by atoms with Crippen molar-refractivity contribution in [2.24, 2.45) is 5.41 Å². The highest BCUT2D eigenvalue weighted by Gasteiger charge is 2.48. The minimum absolute atomic E-state index is 0.000746. The molecule has 0 radical (unpaired) electrons. The average Bonchev–Trinajstić information content (AvgIpc) is 3.29. The molecule has 6 heteroatoms. The third-order valence-electron chi connectivity index (χ3n) is 5.03. The van der Waals surface area contributed by atoms with E-state index in [1.807, 2.05) is 4.90 Å². The molecule has 0 saturated carbocycles. The van der Waals surface area contributed by atoms with Crippen molar-refractivity contribution < 1.29 is 14.0 Å². The second-order valence-corrected chi connectivity index (χ2v) is 6.71. The molecular formula is C18H18FN3O2. The van der Waals surface area contributed by atoms with Crippen LogP contribution in [-0.2, 0) is 4.79 Å². The number of carbonyl (C=O) groups excluding carboxylic acids is 2. The maximum atomic E-state index is 13.1. The molecule has 1 N–H and O–H groups in total. The number of aromatic nitrogens is 1. The number of hydrogen-bond donors (Lipinski definition) is 1. The van der Waals surface area contributed by atoms with Gasteiger partial charge in [-0.25, -0.2) is 4.39 Å². The van der Waals surface area contributed by atoms with Crippen molar-refractivity contribution in [3.63, 3.8) is 0 Å². The lowest BCUT2D eigenvalue weighted by molar-refractivity contribution is -0.117. The Morgan fingerprint density at radius 3 is 2.67 bits per heavy atom. The van der Waals surface area contributed by atoms with Crippen molar-refractivity contribution in [1.29, 1.82) is 0 Å². The van der Waals surface area contributed by atoms with E-state index >= 15 is 0 Å². The van der Waals surface area contributed by atoms with Crippen LogP contribution in [-0.4, -0.2) is 41.3 Å². The Bertz CT molecular complexity index is 772. The molecule has 5 nitrogen and oxygen atoms in total. The molecule has 0 aliphatic carbocycles. The van der Waals surface area contributed by atoms with Crippen LogP contribution in [0.15, 0.2) is 42.7 Å². The van der Waals surface area contributed by atoms with Crippen molar-refractivity contribution in [3.05, 3.63) is 54.1 Å². The van der Waals surface area contributed by atoms with E-state index in [-0.39, 0.29) is 23.0 Å². The number of hydrogen-bond acceptors (Lipinski definition) is 2. The Hall–Kier alpha value is -2.63. The highest BCUT2D eigenvalue weighted by Crippen LogP contribution is 2.42. The molecule has 124 valence electrons. The number of carbonyl (C=O) groups is 2. The summed E-state index contributed by atoms with van der Waals surface area (Å²) >= 11 is 0. The van der Waals surface area contributed by atoms with Gasteiger partial charge in [0, 0.05) is 49.6 Å². The molecular weight excluding hydrogens is 309 g/mol. The summed E-state index contributed by atoms with van der Waals surface area (Å²) in [5, 5.41) is 0. The van der Waals surface area contributed by atoms with Crippen molar-refractivity contribution >= 4 is 17.5 Å². The topological polar surface area (TPSA) is 56.4 Å². The van der Waals surface area contributed by atoms with E-state index in [1.54, 1.807) is 35.5 Å². The van der Waals surface area contributed by atoms with Crippen LogP contribution in [0.1, 0.15) is 23.2 Å². The van der Waals surface area contributed by atoms with E-state index in [0.717, 1.165) is 6.42 Å². The fourth-order valence-corrected chi connectivity index (χ4v) is 3.77. The minimum atomic E-state index is -0.316. The summed E-state index contributed by atoms with van der Waals surface area (Å²) < 4.78 is 13.1. The highest BCUT2D eigenvalue weighted by molar-refractivity contribution is 5.97. The lowest BCUT2D eigenvalue weighted by Crippen LogP contribution is -2.34. The number of anilines is 1. The number of nitrogens with zero attached hydrogens (tertiary/aromatic N) is 2. The number of likely N-dealkylation sites (tertiary alicyclic amines) is 1. The molecule has 2 aromatic rings. The molecule has 1 spiro atoms. The second kappa shape index (κ2) is 5.47. The third kappa shape index (κ3) is 2.48. The average molecular weight is 327 g/mol. The summed E-state index contributed by atoms with van der Waals surface area (Å²) in [6.07, 6.45) is 4.67. The van der Waals surface area contributed by atoms with Gasteiger partial charge in [0.1, 0.15) is 5.82 Å². The number of benzene rings is 1. The summed E-state index contributed by atoms with van der Waals surface area (Å²) in [5.41, 5.74) is 1.16. The van der Waals surface area contributed by atoms with Crippen molar-refractivity contribution in [3.8, 4) is 0 Å². The molecule has 1 unspecified atom stereocenters. The van der Waals surface area contributed by atoms with Gasteiger partial charge >= 0.3 is 0 Å². The van der Waals surface area contributed by atoms with Crippen molar-refractivity contribution in [1.82, 2.24) is 9.88 Å². The predicted molar refractivity (Wildman–Crippen MR) is 87.1 cm³/mol. The fraction of sp³-hybridized carbons (Fsp3) is 0.333. The zero-order valence-electron chi connectivity index (χ0n) is 13.2. The summed E-state index contributed by atoms with van der Waals surface area (Å²) in [7, 11) is 0. The first-order valence-electron chi connectivity index (χ1n) is 8.04. The largest absolute Gasteiger partial charge is 0.367 e. The Kier molecular flexibility index (Phi) is 3.40. The Morgan fingerprint density at radius 1 is 1.17 bits per heavy atom. The molecule has 2 amide bonds. The van der Waals surface area contributed by atoms with E-state index in [9.17, 15) is 14.0 Å². The fourth-order valence-electron chi connectivity index (χ4n) is 3.77. The molecule has 0 bridgehead atoms. The smallest absolute Gasteiger partial charge is 0.255 e. The minimum Gasteiger partial charge on any atom is -0.367 e. The molecule has 1 atom stereocenters. The van der Waals surface area contributed by atoms with Crippen LogP contribution < -0.4 is 4.90 Å². The van der Waals surface area contributed by atoms with Gasteiger partial charge in [-0.05, 0) is 36.8 Å². The SMILES string of the molecule is O=C(c1cc[nH]c1)N1CCC2(CC(=O)N(c3ccc(F)cc3)C2)C1. The summed E-state index contributed by atoms with van der Waals surface area (Å²) in [6, 6.07) is 7.75. The van der Waals surface area contributed by atoms with Crippen LogP contribution in [0.2, 0.25) is 0 Å². The standard InChI is InChI=1S/C18H18FN3O2/c19-14-1-3-15(4-2-14)22-12-18(9-16(22)23)6-8-21(11-18)17(24)13-5-7-20-10-13/h1-5,7,10,20H,6,8-9,11-12H2. The van der Waals surface area contributed by atoms with Gasteiger partial charge in [-0.1, -0.05) is 0 Å². The monoisotopic (exact) mass is 327 g/mol. The maximum Gasteiger partial charge on any atom is 0.255 e. The van der Waals surface area contributed by atoms with Gasteiger partial charge in [0.25, 0.3) is 5.91 Å². The molecule has 2 fully saturated rings. The maximum absolute atomic E-state index is 13.1. The lowest BCUT2D eigenvalue weighted by Gasteiger charge is -2.24. The molecule has 3 heterocycles. The predicted octanol–water partition coefficient (Wildman–Crippen LogP) is 2.42. The van der Waals surface area contributed by atoms with E-state index < -0.39 is 0 Å². The van der Waals surface area contributed by atoms with E-state index in [4.69, 9.17) is 0 Å². The van der Waals surface area contributed by atoms with Crippen LogP contribution in [0.5, 0.6) is 0 Å². The van der Waals surface area contributed by atoms with Crippen LogP contribution in [0.25, 0.3) is 0 Å². The third-order valence-corrected chi connectivity index (χ3v) is 5.03. The molecule has 1 aromatic carbocycles. The van der Waals surface area contributed by atoms with Gasteiger partial charge in [0.15, 0.2) is 0 Å². The van der Waals surface area contributed by atoms with E-state index in [0.29, 0.717) is 37.3 Å². The Labute approximate surface area is 139 Å². The Morgan fingerprint density at radius 2 is 1.96 bits per heavy atom. The van der Waals surface area contributed by atoms with Crippen molar-refractivity contribution in [2.45, 2.75) is 12.8 Å². The van der Waals surface area contributed by atoms with Gasteiger partial charge in [0.2, 0.25) is 5.91 Å². The molecule has 2 aliphatic rings. The number of halogens is 1. The molecule has 2 saturated heterocycles. The quantitative estimate of drug-likeness (QED) is 0.921. The molecule has 24 heavy (non-hydrogen) atoms. The highest BCUT2D eigenvalue weighted by atomic mass is 19.1. The zero-order valence-corrected chi connectivity index (χ0v) is 13.2.